The van der Waals surface area contributed by atoms with Gasteiger partial charge in [-0.3, -0.25) is 4.79 Å². The summed E-state index contributed by atoms with van der Waals surface area (Å²) in [4.78, 5) is 14.6. The number of fused-ring (bicyclic) bond motifs is 1. The highest BCUT2D eigenvalue weighted by Crippen LogP contribution is 2.35. The van der Waals surface area contributed by atoms with E-state index < -0.39 is 10.0 Å². The monoisotopic (exact) mass is 525 g/mol. The van der Waals surface area contributed by atoms with Gasteiger partial charge in [-0.2, -0.15) is 4.31 Å². The molecule has 0 bridgehead atoms. The summed E-state index contributed by atoms with van der Waals surface area (Å²) in [6, 6.07) is 18.9. The summed E-state index contributed by atoms with van der Waals surface area (Å²) in [5, 5.41) is 2.71. The number of piperazine rings is 1. The zero-order valence-corrected chi connectivity index (χ0v) is 21.1. The van der Waals surface area contributed by atoms with Crippen LogP contribution in [0.1, 0.15) is 0 Å². The van der Waals surface area contributed by atoms with Crippen molar-refractivity contribution in [3.05, 3.63) is 66.7 Å². The molecular weight excluding hydrogens is 498 g/mol. The van der Waals surface area contributed by atoms with Crippen LogP contribution in [-0.2, 0) is 14.8 Å². The number of hydrogen-bond donors (Lipinski definition) is 1. The average molecular weight is 526 g/mol. The molecule has 0 saturated carbocycles. The van der Waals surface area contributed by atoms with Crippen LogP contribution in [0.4, 0.5) is 11.4 Å². The van der Waals surface area contributed by atoms with Crippen LogP contribution in [0.25, 0.3) is 0 Å². The lowest BCUT2D eigenvalue weighted by Gasteiger charge is -2.35. The number of anilines is 2. The Morgan fingerprint density at radius 1 is 0.946 bits per heavy atom. The van der Waals surface area contributed by atoms with Crippen LogP contribution in [0.15, 0.2) is 71.6 Å². The summed E-state index contributed by atoms with van der Waals surface area (Å²) in [5.41, 5.74) is 1.42. The highest BCUT2D eigenvalue weighted by atomic mass is 32.2. The molecule has 0 aromatic heterocycles. The van der Waals surface area contributed by atoms with Crippen LogP contribution in [0, 0.1) is 0 Å². The zero-order valence-electron chi connectivity index (χ0n) is 20.3. The van der Waals surface area contributed by atoms with Crippen LogP contribution < -0.4 is 29.2 Å². The number of ether oxygens (including phenoxy) is 4. The minimum absolute atomic E-state index is 0.157. The molecule has 3 aromatic rings. The fourth-order valence-electron chi connectivity index (χ4n) is 4.23. The molecule has 10 nitrogen and oxygen atoms in total. The van der Waals surface area contributed by atoms with Crippen molar-refractivity contribution in [1.82, 2.24) is 4.31 Å². The summed E-state index contributed by atoms with van der Waals surface area (Å²) in [6.07, 6.45) is 0. The summed E-state index contributed by atoms with van der Waals surface area (Å²) in [6.45, 7) is 1.76. The van der Waals surface area contributed by atoms with E-state index in [0.29, 0.717) is 49.1 Å². The number of sulfonamides is 1. The third-order valence-electron chi connectivity index (χ3n) is 6.15. The quantitative estimate of drug-likeness (QED) is 0.479. The Balaban J connectivity index is 1.15. The van der Waals surface area contributed by atoms with Crippen molar-refractivity contribution >= 4 is 27.3 Å². The van der Waals surface area contributed by atoms with Crippen LogP contribution in [0.2, 0.25) is 0 Å². The smallest absolute Gasteiger partial charge is 0.262 e. The van der Waals surface area contributed by atoms with Crippen molar-refractivity contribution in [2.45, 2.75) is 4.90 Å². The molecular formula is C26H27N3O7S. The normalized spacial score (nSPS) is 15.3. The van der Waals surface area contributed by atoms with Crippen LogP contribution >= 0.6 is 0 Å². The van der Waals surface area contributed by atoms with Crippen molar-refractivity contribution in [1.29, 1.82) is 0 Å². The Kier molecular flexibility index (Phi) is 7.06. The van der Waals surface area contributed by atoms with Gasteiger partial charge in [0, 0.05) is 37.9 Å². The molecule has 3 aromatic carbocycles. The number of hydrogen-bond acceptors (Lipinski definition) is 8. The molecule has 194 valence electrons. The summed E-state index contributed by atoms with van der Waals surface area (Å²) >= 11 is 0. The fraction of sp³-hybridized carbons (Fsp3) is 0.269. The predicted molar refractivity (Wildman–Crippen MR) is 137 cm³/mol. The highest BCUT2D eigenvalue weighted by molar-refractivity contribution is 7.89. The third-order valence-corrected chi connectivity index (χ3v) is 8.07. The molecule has 0 unspecified atom stereocenters. The van der Waals surface area contributed by atoms with Gasteiger partial charge in [-0.15, -0.1) is 0 Å². The molecule has 0 aliphatic carbocycles. The van der Waals surface area contributed by atoms with Crippen LogP contribution in [-0.4, -0.2) is 65.3 Å². The van der Waals surface area contributed by atoms with Crippen molar-refractivity contribution in [2.75, 3.05) is 56.9 Å². The standard InChI is InChI=1S/C26H27N3O7S/c1-33-23-5-3-2-4-22(23)28-12-14-29(15-13-28)37(31,32)21-9-6-19(7-10-21)27-26(30)17-34-20-8-11-24-25(16-20)36-18-35-24/h2-11,16H,12-15,17-18H2,1H3,(H,27,30). The first kappa shape index (κ1) is 24.7. The van der Waals surface area contributed by atoms with Crippen molar-refractivity contribution in [2.24, 2.45) is 0 Å². The maximum atomic E-state index is 13.2. The number of methoxy groups -OCH3 is 1. The van der Waals surface area contributed by atoms with Crippen LogP contribution in [0.5, 0.6) is 23.0 Å². The first-order valence-corrected chi connectivity index (χ1v) is 13.2. The largest absolute Gasteiger partial charge is 0.495 e. The molecule has 11 heteroatoms. The van der Waals surface area contributed by atoms with E-state index >= 15 is 0 Å². The Bertz CT molecular complexity index is 1370. The Morgan fingerprint density at radius 2 is 1.68 bits per heavy atom. The Hall–Kier alpha value is -3.96. The average Bonchev–Trinajstić information content (AvgIpc) is 3.40. The van der Waals surface area contributed by atoms with Crippen molar-refractivity contribution < 1.29 is 32.2 Å². The van der Waals surface area contributed by atoms with Gasteiger partial charge in [-0.25, -0.2) is 8.42 Å². The Labute approximate surface area is 215 Å². The molecule has 37 heavy (non-hydrogen) atoms. The van der Waals surface area contributed by atoms with E-state index in [1.807, 2.05) is 24.3 Å². The summed E-state index contributed by atoms with van der Waals surface area (Å²) in [5.74, 6) is 2.06. The minimum Gasteiger partial charge on any atom is -0.495 e. The van der Waals surface area contributed by atoms with E-state index in [1.54, 1.807) is 37.4 Å². The number of amides is 1. The third kappa shape index (κ3) is 5.42. The summed E-state index contributed by atoms with van der Waals surface area (Å²) < 4.78 is 49.3. The van der Waals surface area contributed by atoms with Gasteiger partial charge in [-0.1, -0.05) is 12.1 Å². The number of para-hydroxylation sites is 2. The molecule has 1 fully saturated rings. The number of nitrogens with one attached hydrogen (secondary N) is 1. The number of carbonyl (C=O) groups is 1. The maximum Gasteiger partial charge on any atom is 0.262 e. The second-order valence-electron chi connectivity index (χ2n) is 8.44. The first-order valence-electron chi connectivity index (χ1n) is 11.7. The zero-order chi connectivity index (χ0) is 25.8. The number of rotatable bonds is 8. The van der Waals surface area contributed by atoms with E-state index in [9.17, 15) is 13.2 Å². The second-order valence-corrected chi connectivity index (χ2v) is 10.4. The second kappa shape index (κ2) is 10.6. The van der Waals surface area contributed by atoms with Gasteiger partial charge in [0.1, 0.15) is 11.5 Å². The highest BCUT2D eigenvalue weighted by Gasteiger charge is 2.29. The van der Waals surface area contributed by atoms with E-state index in [0.717, 1.165) is 11.4 Å². The van der Waals surface area contributed by atoms with Crippen molar-refractivity contribution in [3.8, 4) is 23.0 Å². The molecule has 0 radical (unpaired) electrons. The Morgan fingerprint density at radius 3 is 2.43 bits per heavy atom. The number of nitrogens with zero attached hydrogens (tertiary/aromatic N) is 2. The van der Waals surface area contributed by atoms with Crippen molar-refractivity contribution in [3.63, 3.8) is 0 Å². The van der Waals surface area contributed by atoms with Gasteiger partial charge in [0.2, 0.25) is 16.8 Å². The lowest BCUT2D eigenvalue weighted by atomic mass is 10.2. The molecule has 5 rings (SSSR count). The lowest BCUT2D eigenvalue weighted by molar-refractivity contribution is -0.118. The van der Waals surface area contributed by atoms with Gasteiger partial charge in [0.25, 0.3) is 5.91 Å². The molecule has 2 aliphatic rings. The lowest BCUT2D eigenvalue weighted by Crippen LogP contribution is -2.48. The topological polar surface area (TPSA) is 107 Å². The van der Waals surface area contributed by atoms with Gasteiger partial charge in [0.05, 0.1) is 17.7 Å². The molecule has 2 aliphatic heterocycles. The molecule has 2 heterocycles. The van der Waals surface area contributed by atoms with E-state index in [1.165, 1.54) is 16.4 Å². The van der Waals surface area contributed by atoms with Crippen LogP contribution in [0.3, 0.4) is 0 Å². The van der Waals surface area contributed by atoms with E-state index in [2.05, 4.69) is 10.2 Å². The van der Waals surface area contributed by atoms with E-state index in [-0.39, 0.29) is 24.2 Å². The van der Waals surface area contributed by atoms with E-state index in [4.69, 9.17) is 18.9 Å². The van der Waals surface area contributed by atoms with Gasteiger partial charge < -0.3 is 29.2 Å². The van der Waals surface area contributed by atoms with Gasteiger partial charge in [-0.05, 0) is 48.5 Å². The molecule has 0 atom stereocenters. The number of benzene rings is 3. The fourth-order valence-corrected chi connectivity index (χ4v) is 5.65. The molecule has 0 spiro atoms. The molecule has 1 N–H and O–H groups in total. The van der Waals surface area contributed by atoms with Gasteiger partial charge in [0.15, 0.2) is 18.1 Å². The maximum absolute atomic E-state index is 13.2. The SMILES string of the molecule is COc1ccccc1N1CCN(S(=O)(=O)c2ccc(NC(=O)COc3ccc4c(c3)OCO4)cc2)CC1. The summed E-state index contributed by atoms with van der Waals surface area (Å²) in [7, 11) is -2.04. The minimum atomic E-state index is -3.66. The molecule has 1 saturated heterocycles. The first-order chi connectivity index (χ1) is 17.9. The van der Waals surface area contributed by atoms with Gasteiger partial charge >= 0.3 is 0 Å². The number of carbonyl (C=O) groups excluding carboxylic acids is 1. The molecule has 1 amide bonds. The predicted octanol–water partition coefficient (Wildman–Crippen LogP) is 2.95.